The van der Waals surface area contributed by atoms with Crippen molar-refractivity contribution in [2.75, 3.05) is 23.3 Å². The molecule has 2 saturated carbocycles. The van der Waals surface area contributed by atoms with Crippen molar-refractivity contribution in [3.05, 3.63) is 69.1 Å². The van der Waals surface area contributed by atoms with Crippen LogP contribution in [0.4, 0.5) is 11.5 Å². The number of pyridine rings is 1. The van der Waals surface area contributed by atoms with Gasteiger partial charge in [0.1, 0.15) is 11.5 Å². The summed E-state index contributed by atoms with van der Waals surface area (Å²) in [6, 6.07) is 8.67. The molecule has 0 spiro atoms. The first-order chi connectivity index (χ1) is 16.3. The number of carboxylic acid groups (broad SMARTS) is 1. The summed E-state index contributed by atoms with van der Waals surface area (Å²) in [4.78, 5) is 32.6. The molecular weight excluding hydrogens is 428 g/mol. The third-order valence-electron chi connectivity index (χ3n) is 8.48. The fourth-order valence-corrected chi connectivity index (χ4v) is 6.62. The van der Waals surface area contributed by atoms with Crippen LogP contribution in [-0.4, -0.2) is 33.6 Å². The molecule has 6 rings (SSSR count). The molecule has 7 heteroatoms. The summed E-state index contributed by atoms with van der Waals surface area (Å²) >= 11 is 0. The summed E-state index contributed by atoms with van der Waals surface area (Å²) in [6.45, 7) is 7.82. The Morgan fingerprint density at radius 2 is 1.79 bits per heavy atom. The summed E-state index contributed by atoms with van der Waals surface area (Å²) in [6.07, 6.45) is 4.56. The van der Waals surface area contributed by atoms with Crippen LogP contribution < -0.4 is 15.8 Å². The number of benzene rings is 1. The zero-order valence-electron chi connectivity index (χ0n) is 19.8. The number of carboxylic acids is 1. The molecule has 2 aliphatic carbocycles. The number of hydrogen-bond donors (Lipinski definition) is 2. The molecule has 5 unspecified atom stereocenters. The van der Waals surface area contributed by atoms with Gasteiger partial charge in [-0.25, -0.2) is 9.78 Å². The number of aryl methyl sites for hydroxylation is 1. The molecule has 1 saturated heterocycles. The number of nitrogens with zero attached hydrogens (tertiary/aromatic N) is 3. The third-order valence-corrected chi connectivity index (χ3v) is 8.48. The summed E-state index contributed by atoms with van der Waals surface area (Å²) in [7, 11) is 0. The highest BCUT2D eigenvalue weighted by molar-refractivity contribution is 5.94. The number of fused-ring (bicyclic) bond motifs is 5. The van der Waals surface area contributed by atoms with E-state index in [-0.39, 0.29) is 17.2 Å². The predicted octanol–water partition coefficient (Wildman–Crippen LogP) is 4.27. The Kier molecular flexibility index (Phi) is 4.73. The number of aromatic nitrogens is 2. The SMILES string of the molecule is Cc1cc(C(C)Nc2ccccc2C(=O)O)c2nc(N3CC4C5CCC5C4C3)c(C)c(=O)n2c1. The maximum absolute atomic E-state index is 13.5. The van der Waals surface area contributed by atoms with Gasteiger partial charge in [0.25, 0.3) is 5.56 Å². The Labute approximate surface area is 198 Å². The largest absolute Gasteiger partial charge is 0.478 e. The van der Waals surface area contributed by atoms with Crippen LogP contribution in [0.1, 0.15) is 52.9 Å². The van der Waals surface area contributed by atoms with Crippen molar-refractivity contribution in [1.29, 1.82) is 0 Å². The summed E-state index contributed by atoms with van der Waals surface area (Å²) in [5.74, 6) is 3.10. The van der Waals surface area contributed by atoms with Gasteiger partial charge < -0.3 is 15.3 Å². The minimum absolute atomic E-state index is 0.0368. The first kappa shape index (κ1) is 21.2. The van der Waals surface area contributed by atoms with E-state index in [1.807, 2.05) is 39.1 Å². The van der Waals surface area contributed by atoms with Crippen molar-refractivity contribution in [3.8, 4) is 0 Å². The summed E-state index contributed by atoms with van der Waals surface area (Å²) < 4.78 is 1.65. The van der Waals surface area contributed by atoms with Crippen LogP contribution in [0.2, 0.25) is 0 Å². The van der Waals surface area contributed by atoms with E-state index >= 15 is 0 Å². The maximum Gasteiger partial charge on any atom is 0.337 e. The van der Waals surface area contributed by atoms with Gasteiger partial charge in [-0.3, -0.25) is 9.20 Å². The van der Waals surface area contributed by atoms with Gasteiger partial charge in [-0.15, -0.1) is 0 Å². The molecule has 1 aromatic carbocycles. The molecule has 2 aromatic heterocycles. The number of hydrogen-bond acceptors (Lipinski definition) is 5. The van der Waals surface area contributed by atoms with Crippen molar-refractivity contribution >= 4 is 23.1 Å². The van der Waals surface area contributed by atoms with Gasteiger partial charge in [-0.1, -0.05) is 12.1 Å². The van der Waals surface area contributed by atoms with Crippen LogP contribution in [0.25, 0.3) is 5.65 Å². The van der Waals surface area contributed by atoms with E-state index in [1.54, 1.807) is 22.6 Å². The second-order valence-electron chi connectivity index (χ2n) is 10.4. The second kappa shape index (κ2) is 7.58. The van der Waals surface area contributed by atoms with Crippen molar-refractivity contribution < 1.29 is 9.90 Å². The van der Waals surface area contributed by atoms with Crippen LogP contribution in [0.15, 0.2) is 41.3 Å². The number of nitrogens with one attached hydrogen (secondary N) is 1. The predicted molar refractivity (Wildman–Crippen MR) is 132 cm³/mol. The first-order valence-corrected chi connectivity index (χ1v) is 12.2. The van der Waals surface area contributed by atoms with E-state index in [0.717, 1.165) is 53.7 Å². The van der Waals surface area contributed by atoms with Crippen LogP contribution >= 0.6 is 0 Å². The Hall–Kier alpha value is -3.35. The van der Waals surface area contributed by atoms with Gasteiger partial charge >= 0.3 is 5.97 Å². The molecule has 3 fully saturated rings. The number of aromatic carboxylic acids is 1. The molecule has 34 heavy (non-hydrogen) atoms. The highest BCUT2D eigenvalue weighted by Gasteiger charge is 2.58. The van der Waals surface area contributed by atoms with Crippen molar-refractivity contribution in [1.82, 2.24) is 9.38 Å². The fraction of sp³-hybridized carbons (Fsp3) is 0.444. The number of para-hydroxylation sites is 1. The molecule has 1 aliphatic heterocycles. The van der Waals surface area contributed by atoms with Crippen LogP contribution in [-0.2, 0) is 0 Å². The summed E-state index contributed by atoms with van der Waals surface area (Å²) in [5, 5.41) is 12.9. The van der Waals surface area contributed by atoms with Gasteiger partial charge in [-0.2, -0.15) is 0 Å². The average molecular weight is 459 g/mol. The zero-order chi connectivity index (χ0) is 23.7. The normalized spacial score (nSPS) is 25.8. The fourth-order valence-electron chi connectivity index (χ4n) is 6.62. The molecule has 7 nitrogen and oxygen atoms in total. The molecular formula is C27H30N4O3. The van der Waals surface area contributed by atoms with E-state index < -0.39 is 5.97 Å². The molecule has 3 aliphatic rings. The van der Waals surface area contributed by atoms with Crippen LogP contribution in [0, 0.1) is 37.5 Å². The molecule has 0 radical (unpaired) electrons. The molecule has 2 N–H and O–H groups in total. The minimum atomic E-state index is -0.978. The molecule has 176 valence electrons. The third kappa shape index (κ3) is 3.06. The lowest BCUT2D eigenvalue weighted by Gasteiger charge is -2.56. The molecule has 3 heterocycles. The first-order valence-electron chi connectivity index (χ1n) is 12.2. The van der Waals surface area contributed by atoms with Gasteiger partial charge in [0.05, 0.1) is 17.2 Å². The minimum Gasteiger partial charge on any atom is -0.478 e. The highest BCUT2D eigenvalue weighted by atomic mass is 16.4. The lowest BCUT2D eigenvalue weighted by molar-refractivity contribution is -0.0699. The highest BCUT2D eigenvalue weighted by Crippen LogP contribution is 2.61. The Morgan fingerprint density at radius 3 is 2.44 bits per heavy atom. The van der Waals surface area contributed by atoms with E-state index in [9.17, 15) is 14.7 Å². The van der Waals surface area contributed by atoms with Gasteiger partial charge in [-0.05, 0) is 81.0 Å². The molecule has 0 bridgehead atoms. The Bertz CT molecular complexity index is 1360. The van der Waals surface area contributed by atoms with Crippen LogP contribution in [0.3, 0.4) is 0 Å². The maximum atomic E-state index is 13.5. The van der Waals surface area contributed by atoms with Gasteiger partial charge in [0.2, 0.25) is 0 Å². The standard InChI is InChI=1S/C27H30N4O3/c1-14-10-20(16(3)28-23-7-5-4-6-19(23)27(33)34)25-29-24(15(2)26(32)31(25)11-14)30-12-21-17-8-9-18(17)22(21)13-30/h4-7,10-11,16-18,21-22,28H,8-9,12-13H2,1-3H3,(H,33,34). The smallest absolute Gasteiger partial charge is 0.337 e. The number of carbonyl (C=O) groups is 1. The Morgan fingerprint density at radius 1 is 1.12 bits per heavy atom. The number of anilines is 2. The molecule has 0 amide bonds. The zero-order valence-corrected chi connectivity index (χ0v) is 19.8. The van der Waals surface area contributed by atoms with Gasteiger partial charge in [0, 0.05) is 30.5 Å². The van der Waals surface area contributed by atoms with Crippen LogP contribution in [0.5, 0.6) is 0 Å². The van der Waals surface area contributed by atoms with Crippen molar-refractivity contribution in [2.45, 2.75) is 39.7 Å². The molecule has 5 atom stereocenters. The van der Waals surface area contributed by atoms with E-state index in [1.165, 1.54) is 12.8 Å². The van der Waals surface area contributed by atoms with E-state index in [0.29, 0.717) is 16.9 Å². The number of rotatable bonds is 5. The quantitative estimate of drug-likeness (QED) is 0.594. The lowest BCUT2D eigenvalue weighted by Crippen LogP contribution is -2.52. The lowest BCUT2D eigenvalue weighted by atomic mass is 9.48. The van der Waals surface area contributed by atoms with Gasteiger partial charge in [0.15, 0.2) is 0 Å². The van der Waals surface area contributed by atoms with Crippen molar-refractivity contribution in [2.24, 2.45) is 23.7 Å². The monoisotopic (exact) mass is 458 g/mol. The topological polar surface area (TPSA) is 86.9 Å². The second-order valence-corrected chi connectivity index (χ2v) is 10.4. The molecule has 3 aromatic rings. The average Bonchev–Trinajstić information content (AvgIpc) is 3.15. The van der Waals surface area contributed by atoms with Crippen molar-refractivity contribution in [3.63, 3.8) is 0 Å². The van der Waals surface area contributed by atoms with E-state index in [4.69, 9.17) is 4.98 Å². The Balaban J connectivity index is 1.41. The van der Waals surface area contributed by atoms with E-state index in [2.05, 4.69) is 10.2 Å². The summed E-state index contributed by atoms with van der Waals surface area (Å²) in [5.41, 5.74) is 3.88.